The minimum atomic E-state index is -0.423. The maximum atomic E-state index is 13.5. The Kier molecular flexibility index (Phi) is 5.88. The molecule has 1 unspecified atom stereocenters. The summed E-state index contributed by atoms with van der Waals surface area (Å²) in [6.07, 6.45) is 2.65. The molecule has 3 heterocycles. The lowest BCUT2D eigenvalue weighted by molar-refractivity contribution is -0.148. The van der Waals surface area contributed by atoms with E-state index in [0.717, 1.165) is 18.4 Å². The van der Waals surface area contributed by atoms with E-state index in [1.165, 1.54) is 5.56 Å². The van der Waals surface area contributed by atoms with Gasteiger partial charge >= 0.3 is 0 Å². The molecule has 0 saturated carbocycles. The van der Waals surface area contributed by atoms with Gasteiger partial charge in [-0.05, 0) is 36.8 Å². The Morgan fingerprint density at radius 3 is 2.50 bits per heavy atom. The summed E-state index contributed by atoms with van der Waals surface area (Å²) in [7, 11) is 0. The lowest BCUT2D eigenvalue weighted by atomic mass is 9.91. The number of fused-ring (bicyclic) bond motifs is 1. The molecular formula is C23H30N4O3. The number of nitrogens with zero attached hydrogens (tertiary/aromatic N) is 4. The van der Waals surface area contributed by atoms with Gasteiger partial charge in [0.25, 0.3) is 0 Å². The Hall–Kier alpha value is -2.70. The summed E-state index contributed by atoms with van der Waals surface area (Å²) in [5.74, 6) is 1.89. The number of carbonyl (C=O) groups is 2. The van der Waals surface area contributed by atoms with Crippen LogP contribution in [0.4, 0.5) is 0 Å². The SMILES string of the molecule is Cc1noc(C2CCN(C(=O)C3Cc4ccccc4CN3C(=O)CC(C)C)CC2)n1. The van der Waals surface area contributed by atoms with Crippen molar-refractivity contribution in [3.05, 3.63) is 47.1 Å². The van der Waals surface area contributed by atoms with E-state index in [9.17, 15) is 9.59 Å². The number of aromatic nitrogens is 2. The molecule has 1 saturated heterocycles. The van der Waals surface area contributed by atoms with Crippen LogP contribution < -0.4 is 0 Å². The molecule has 2 amide bonds. The predicted octanol–water partition coefficient (Wildman–Crippen LogP) is 3.08. The van der Waals surface area contributed by atoms with Crippen LogP contribution >= 0.6 is 0 Å². The van der Waals surface area contributed by atoms with Crippen LogP contribution in [0.1, 0.15) is 61.9 Å². The van der Waals surface area contributed by atoms with E-state index in [2.05, 4.69) is 22.3 Å². The van der Waals surface area contributed by atoms with Gasteiger partial charge in [0.15, 0.2) is 5.82 Å². The number of hydrogen-bond donors (Lipinski definition) is 0. The molecule has 30 heavy (non-hydrogen) atoms. The Morgan fingerprint density at radius 2 is 1.87 bits per heavy atom. The third-order valence-corrected chi connectivity index (χ3v) is 6.14. The first-order valence-electron chi connectivity index (χ1n) is 10.9. The zero-order valence-corrected chi connectivity index (χ0v) is 18.0. The molecule has 0 spiro atoms. The Morgan fingerprint density at radius 1 is 1.17 bits per heavy atom. The number of carbonyl (C=O) groups excluding carboxylic acids is 2. The molecule has 2 aromatic rings. The van der Waals surface area contributed by atoms with Gasteiger partial charge in [-0.1, -0.05) is 43.3 Å². The van der Waals surface area contributed by atoms with Crippen LogP contribution in [-0.4, -0.2) is 50.9 Å². The fourth-order valence-electron chi connectivity index (χ4n) is 4.51. The molecule has 7 nitrogen and oxygen atoms in total. The fraction of sp³-hybridized carbons (Fsp3) is 0.565. The standard InChI is InChI=1S/C23H30N4O3/c1-15(2)12-21(28)27-14-19-7-5-4-6-18(19)13-20(27)23(29)26-10-8-17(9-11-26)22-24-16(3)25-30-22/h4-7,15,17,20H,8-14H2,1-3H3. The van der Waals surface area contributed by atoms with E-state index < -0.39 is 6.04 Å². The molecule has 0 bridgehead atoms. The van der Waals surface area contributed by atoms with Crippen LogP contribution in [0, 0.1) is 12.8 Å². The molecule has 0 aliphatic carbocycles. The van der Waals surface area contributed by atoms with Crippen molar-refractivity contribution in [1.82, 2.24) is 19.9 Å². The zero-order chi connectivity index (χ0) is 21.3. The Balaban J connectivity index is 1.48. The summed E-state index contributed by atoms with van der Waals surface area (Å²) in [6.45, 7) is 7.70. The minimum Gasteiger partial charge on any atom is -0.341 e. The average Bonchev–Trinajstić information content (AvgIpc) is 3.18. The van der Waals surface area contributed by atoms with Crippen LogP contribution in [0.3, 0.4) is 0 Å². The smallest absolute Gasteiger partial charge is 0.245 e. The van der Waals surface area contributed by atoms with Gasteiger partial charge in [0, 0.05) is 38.4 Å². The van der Waals surface area contributed by atoms with Crippen molar-refractivity contribution in [1.29, 1.82) is 0 Å². The summed E-state index contributed by atoms with van der Waals surface area (Å²) in [5, 5.41) is 3.88. The summed E-state index contributed by atoms with van der Waals surface area (Å²) < 4.78 is 5.32. The van der Waals surface area contributed by atoms with Gasteiger partial charge < -0.3 is 14.3 Å². The second-order valence-corrected chi connectivity index (χ2v) is 8.89. The number of hydrogen-bond acceptors (Lipinski definition) is 5. The highest BCUT2D eigenvalue weighted by Crippen LogP contribution is 2.30. The predicted molar refractivity (Wildman–Crippen MR) is 112 cm³/mol. The van der Waals surface area contributed by atoms with Crippen molar-refractivity contribution in [3.63, 3.8) is 0 Å². The van der Waals surface area contributed by atoms with Crippen molar-refractivity contribution < 1.29 is 14.1 Å². The van der Waals surface area contributed by atoms with Crippen molar-refractivity contribution in [2.24, 2.45) is 5.92 Å². The molecule has 1 atom stereocenters. The summed E-state index contributed by atoms with van der Waals surface area (Å²) in [6, 6.07) is 7.71. The second-order valence-electron chi connectivity index (χ2n) is 8.89. The highest BCUT2D eigenvalue weighted by Gasteiger charge is 2.38. The molecule has 2 aliphatic rings. The number of benzene rings is 1. The summed E-state index contributed by atoms with van der Waals surface area (Å²) in [4.78, 5) is 34.5. The lowest BCUT2D eigenvalue weighted by Crippen LogP contribution is -2.55. The molecule has 2 aliphatic heterocycles. The number of amides is 2. The van der Waals surface area contributed by atoms with Crippen molar-refractivity contribution >= 4 is 11.8 Å². The minimum absolute atomic E-state index is 0.0572. The number of rotatable bonds is 4. The lowest BCUT2D eigenvalue weighted by Gasteiger charge is -2.40. The largest absolute Gasteiger partial charge is 0.341 e. The van der Waals surface area contributed by atoms with E-state index in [1.54, 1.807) is 4.90 Å². The van der Waals surface area contributed by atoms with E-state index in [1.807, 2.05) is 37.8 Å². The third-order valence-electron chi connectivity index (χ3n) is 6.14. The fourth-order valence-corrected chi connectivity index (χ4v) is 4.51. The topological polar surface area (TPSA) is 79.5 Å². The maximum Gasteiger partial charge on any atom is 0.245 e. The van der Waals surface area contributed by atoms with Crippen LogP contribution in [0.25, 0.3) is 0 Å². The molecule has 4 rings (SSSR count). The van der Waals surface area contributed by atoms with Gasteiger partial charge in [-0.25, -0.2) is 0 Å². The monoisotopic (exact) mass is 410 g/mol. The van der Waals surface area contributed by atoms with E-state index in [0.29, 0.717) is 44.2 Å². The third kappa shape index (κ3) is 4.25. The number of aryl methyl sites for hydroxylation is 1. The highest BCUT2D eigenvalue weighted by molar-refractivity contribution is 5.88. The van der Waals surface area contributed by atoms with Crippen LogP contribution in [0.5, 0.6) is 0 Å². The van der Waals surface area contributed by atoms with E-state index >= 15 is 0 Å². The molecule has 0 radical (unpaired) electrons. The Labute approximate surface area is 177 Å². The van der Waals surface area contributed by atoms with Crippen molar-refractivity contribution in [2.75, 3.05) is 13.1 Å². The first-order chi connectivity index (χ1) is 14.4. The molecule has 1 aromatic heterocycles. The van der Waals surface area contributed by atoms with Gasteiger partial charge in [0.2, 0.25) is 17.7 Å². The number of likely N-dealkylation sites (tertiary alicyclic amines) is 1. The normalized spacial score (nSPS) is 19.8. The second kappa shape index (κ2) is 8.58. The van der Waals surface area contributed by atoms with Crippen molar-refractivity contribution in [2.45, 2.75) is 65.0 Å². The van der Waals surface area contributed by atoms with Crippen LogP contribution in [0.15, 0.2) is 28.8 Å². The zero-order valence-electron chi connectivity index (χ0n) is 18.0. The molecular weight excluding hydrogens is 380 g/mol. The quantitative estimate of drug-likeness (QED) is 0.774. The van der Waals surface area contributed by atoms with Gasteiger partial charge in [-0.2, -0.15) is 4.98 Å². The molecule has 1 aromatic carbocycles. The van der Waals surface area contributed by atoms with Gasteiger partial charge in [-0.3, -0.25) is 9.59 Å². The summed E-state index contributed by atoms with van der Waals surface area (Å²) >= 11 is 0. The van der Waals surface area contributed by atoms with Gasteiger partial charge in [-0.15, -0.1) is 0 Å². The molecule has 0 N–H and O–H groups in total. The number of piperidine rings is 1. The molecule has 7 heteroatoms. The summed E-state index contributed by atoms with van der Waals surface area (Å²) in [5.41, 5.74) is 2.31. The van der Waals surface area contributed by atoms with Crippen molar-refractivity contribution in [3.8, 4) is 0 Å². The average molecular weight is 411 g/mol. The molecule has 160 valence electrons. The molecule has 1 fully saturated rings. The van der Waals surface area contributed by atoms with Crippen LogP contribution in [-0.2, 0) is 22.6 Å². The van der Waals surface area contributed by atoms with Crippen LogP contribution in [0.2, 0.25) is 0 Å². The maximum absolute atomic E-state index is 13.5. The van der Waals surface area contributed by atoms with E-state index in [4.69, 9.17) is 4.52 Å². The first kappa shape index (κ1) is 20.6. The first-order valence-corrected chi connectivity index (χ1v) is 10.9. The van der Waals surface area contributed by atoms with Gasteiger partial charge in [0.1, 0.15) is 6.04 Å². The Bertz CT molecular complexity index is 915. The van der Waals surface area contributed by atoms with E-state index in [-0.39, 0.29) is 23.7 Å². The highest BCUT2D eigenvalue weighted by atomic mass is 16.5. The van der Waals surface area contributed by atoms with Gasteiger partial charge in [0.05, 0.1) is 0 Å².